The molecule has 1 aromatic rings. The van der Waals surface area contributed by atoms with Gasteiger partial charge in [-0.05, 0) is 72.1 Å². The summed E-state index contributed by atoms with van der Waals surface area (Å²) in [6.07, 6.45) is 0.469. The Labute approximate surface area is 155 Å². The Balaban J connectivity index is 2.90. The van der Waals surface area contributed by atoms with Crippen LogP contribution < -0.4 is 5.73 Å². The normalized spacial score (nSPS) is 14.4. The van der Waals surface area contributed by atoms with Gasteiger partial charge in [-0.3, -0.25) is 9.59 Å². The lowest BCUT2D eigenvalue weighted by Gasteiger charge is -2.26. The highest BCUT2D eigenvalue weighted by Gasteiger charge is 2.31. The van der Waals surface area contributed by atoms with E-state index in [1.54, 1.807) is 65.8 Å². The van der Waals surface area contributed by atoms with Gasteiger partial charge in [0, 0.05) is 0 Å². The van der Waals surface area contributed by atoms with Crippen molar-refractivity contribution in [2.24, 2.45) is 11.7 Å². The number of benzene rings is 1. The van der Waals surface area contributed by atoms with E-state index in [9.17, 15) is 14.7 Å². The van der Waals surface area contributed by atoms with Crippen molar-refractivity contribution >= 4 is 11.9 Å². The van der Waals surface area contributed by atoms with E-state index < -0.39 is 35.1 Å². The van der Waals surface area contributed by atoms with Crippen LogP contribution in [-0.4, -0.2) is 34.3 Å². The van der Waals surface area contributed by atoms with E-state index in [2.05, 4.69) is 0 Å². The van der Waals surface area contributed by atoms with E-state index in [0.717, 1.165) is 5.56 Å². The second-order valence-electron chi connectivity index (χ2n) is 8.48. The summed E-state index contributed by atoms with van der Waals surface area (Å²) in [7, 11) is 0. The van der Waals surface area contributed by atoms with Crippen LogP contribution in [0.5, 0.6) is 5.75 Å². The summed E-state index contributed by atoms with van der Waals surface area (Å²) in [6, 6.07) is 5.63. The molecule has 0 radical (unpaired) electrons. The summed E-state index contributed by atoms with van der Waals surface area (Å²) < 4.78 is 10.8. The number of hydrogen-bond acceptors (Lipinski definition) is 6. The standard InChI is InChI=1S/C20H31NO5/c1-19(2,3)25-17(23)14(11-13-7-9-15(22)10-8-13)12-16(21)18(24)26-20(4,5)6/h7-10,14,16,22H,11-12,21H2,1-6H3/t14-,16-/m0/s1. The molecular weight excluding hydrogens is 334 g/mol. The molecule has 0 spiro atoms. The fraction of sp³-hybridized carbons (Fsp3) is 0.600. The molecule has 6 nitrogen and oxygen atoms in total. The third kappa shape index (κ3) is 8.34. The van der Waals surface area contributed by atoms with Gasteiger partial charge in [-0.15, -0.1) is 0 Å². The minimum absolute atomic E-state index is 0.116. The van der Waals surface area contributed by atoms with Crippen LogP contribution in [0.2, 0.25) is 0 Å². The maximum absolute atomic E-state index is 12.6. The van der Waals surface area contributed by atoms with Crippen molar-refractivity contribution < 1.29 is 24.2 Å². The Kier molecular flexibility index (Phi) is 7.21. The zero-order chi connectivity index (χ0) is 20.1. The van der Waals surface area contributed by atoms with Gasteiger partial charge in [0.25, 0.3) is 0 Å². The maximum atomic E-state index is 12.6. The van der Waals surface area contributed by atoms with Gasteiger partial charge in [0.15, 0.2) is 0 Å². The molecular formula is C20H31NO5. The Morgan fingerprint density at radius 3 is 1.88 bits per heavy atom. The molecule has 6 heteroatoms. The predicted octanol–water partition coefficient (Wildman–Crippen LogP) is 2.95. The number of nitrogens with two attached hydrogens (primary N) is 1. The first-order valence-corrected chi connectivity index (χ1v) is 8.76. The number of ether oxygens (including phenoxy) is 2. The van der Waals surface area contributed by atoms with Crippen LogP contribution >= 0.6 is 0 Å². The number of hydrogen-bond donors (Lipinski definition) is 2. The van der Waals surface area contributed by atoms with E-state index >= 15 is 0 Å². The molecule has 0 saturated carbocycles. The van der Waals surface area contributed by atoms with Crippen LogP contribution in [0.3, 0.4) is 0 Å². The second-order valence-corrected chi connectivity index (χ2v) is 8.48. The summed E-state index contributed by atoms with van der Waals surface area (Å²) in [5.41, 5.74) is 5.54. The van der Waals surface area contributed by atoms with Gasteiger partial charge in [-0.25, -0.2) is 0 Å². The smallest absolute Gasteiger partial charge is 0.323 e. The Morgan fingerprint density at radius 1 is 0.962 bits per heavy atom. The summed E-state index contributed by atoms with van der Waals surface area (Å²) in [5.74, 6) is -1.41. The molecule has 1 rings (SSSR count). The number of carbonyl (C=O) groups excluding carboxylic acids is 2. The number of rotatable bonds is 6. The first-order chi connectivity index (χ1) is 11.8. The molecule has 0 saturated heterocycles. The van der Waals surface area contributed by atoms with E-state index in [4.69, 9.17) is 15.2 Å². The quantitative estimate of drug-likeness (QED) is 0.752. The van der Waals surface area contributed by atoms with E-state index in [1.165, 1.54) is 0 Å². The molecule has 26 heavy (non-hydrogen) atoms. The summed E-state index contributed by atoms with van der Waals surface area (Å²) in [5, 5.41) is 9.41. The van der Waals surface area contributed by atoms with Gasteiger partial charge in [-0.2, -0.15) is 0 Å². The van der Waals surface area contributed by atoms with E-state index in [0.29, 0.717) is 6.42 Å². The molecule has 0 heterocycles. The zero-order valence-electron chi connectivity index (χ0n) is 16.5. The monoisotopic (exact) mass is 365 g/mol. The highest BCUT2D eigenvalue weighted by molar-refractivity contribution is 5.78. The number of phenolic OH excluding ortho intramolecular Hbond substituents is 1. The molecule has 2 atom stereocenters. The molecule has 0 aliphatic carbocycles. The van der Waals surface area contributed by atoms with Gasteiger partial charge in [0.1, 0.15) is 23.0 Å². The van der Waals surface area contributed by atoms with Crippen molar-refractivity contribution in [3.05, 3.63) is 29.8 Å². The van der Waals surface area contributed by atoms with Crippen LogP contribution in [-0.2, 0) is 25.5 Å². The maximum Gasteiger partial charge on any atom is 0.323 e. The average molecular weight is 365 g/mol. The topological polar surface area (TPSA) is 98.9 Å². The minimum Gasteiger partial charge on any atom is -0.508 e. The predicted molar refractivity (Wildman–Crippen MR) is 99.6 cm³/mol. The fourth-order valence-corrected chi connectivity index (χ4v) is 2.34. The van der Waals surface area contributed by atoms with Crippen molar-refractivity contribution in [1.29, 1.82) is 0 Å². The summed E-state index contributed by atoms with van der Waals surface area (Å²) >= 11 is 0. The second kappa shape index (κ2) is 8.54. The van der Waals surface area contributed by atoms with Crippen molar-refractivity contribution in [2.75, 3.05) is 0 Å². The highest BCUT2D eigenvalue weighted by Crippen LogP contribution is 2.22. The lowest BCUT2D eigenvalue weighted by Crippen LogP contribution is -2.41. The Hall–Kier alpha value is -2.08. The molecule has 0 unspecified atom stereocenters. The van der Waals surface area contributed by atoms with Gasteiger partial charge in [0.05, 0.1) is 5.92 Å². The molecule has 0 aromatic heterocycles. The molecule has 0 amide bonds. The molecule has 1 aromatic carbocycles. The van der Waals surface area contributed by atoms with Crippen LogP contribution in [0.25, 0.3) is 0 Å². The van der Waals surface area contributed by atoms with Gasteiger partial charge in [0.2, 0.25) is 0 Å². The lowest BCUT2D eigenvalue weighted by molar-refractivity contribution is -0.162. The Morgan fingerprint density at radius 2 is 1.42 bits per heavy atom. The van der Waals surface area contributed by atoms with Crippen LogP contribution in [0, 0.1) is 5.92 Å². The van der Waals surface area contributed by atoms with E-state index in [1.807, 2.05) is 0 Å². The van der Waals surface area contributed by atoms with Crippen LogP contribution in [0.4, 0.5) is 0 Å². The molecule has 0 aliphatic heterocycles. The first-order valence-electron chi connectivity index (χ1n) is 8.76. The lowest BCUT2D eigenvalue weighted by atomic mass is 9.92. The molecule has 0 bridgehead atoms. The van der Waals surface area contributed by atoms with Gasteiger partial charge < -0.3 is 20.3 Å². The largest absolute Gasteiger partial charge is 0.508 e. The molecule has 146 valence electrons. The van der Waals surface area contributed by atoms with Gasteiger partial charge in [-0.1, -0.05) is 12.1 Å². The zero-order valence-corrected chi connectivity index (χ0v) is 16.5. The Bertz CT molecular complexity index is 611. The van der Waals surface area contributed by atoms with Crippen LogP contribution in [0.15, 0.2) is 24.3 Å². The first kappa shape index (κ1) is 22.0. The highest BCUT2D eigenvalue weighted by atomic mass is 16.6. The summed E-state index contributed by atoms with van der Waals surface area (Å²) in [6.45, 7) is 10.7. The van der Waals surface area contributed by atoms with Crippen molar-refractivity contribution in [1.82, 2.24) is 0 Å². The number of aromatic hydroxyl groups is 1. The fourth-order valence-electron chi connectivity index (χ4n) is 2.34. The minimum atomic E-state index is -0.927. The van der Waals surface area contributed by atoms with Crippen LogP contribution in [0.1, 0.15) is 53.5 Å². The third-order valence-electron chi connectivity index (χ3n) is 3.41. The van der Waals surface area contributed by atoms with Crippen molar-refractivity contribution in [3.63, 3.8) is 0 Å². The molecule has 0 aliphatic rings. The molecule has 0 fully saturated rings. The SMILES string of the molecule is CC(C)(C)OC(=O)[C@@H](Cc1ccc(O)cc1)C[C@H](N)C(=O)OC(C)(C)C. The average Bonchev–Trinajstić information content (AvgIpc) is 2.45. The number of phenols is 1. The number of esters is 2. The van der Waals surface area contributed by atoms with Gasteiger partial charge >= 0.3 is 11.9 Å². The third-order valence-corrected chi connectivity index (χ3v) is 3.41. The molecule has 3 N–H and O–H groups in total. The van der Waals surface area contributed by atoms with Crippen molar-refractivity contribution in [2.45, 2.75) is 71.6 Å². The number of carbonyl (C=O) groups is 2. The van der Waals surface area contributed by atoms with Crippen molar-refractivity contribution in [3.8, 4) is 5.75 Å². The summed E-state index contributed by atoms with van der Waals surface area (Å²) in [4.78, 5) is 24.8. The van der Waals surface area contributed by atoms with E-state index in [-0.39, 0.29) is 12.2 Å².